The Hall–Kier alpha value is -0.530. The highest BCUT2D eigenvalue weighted by atomic mass is 32.2. The molecule has 0 aromatic heterocycles. The van der Waals surface area contributed by atoms with Crippen molar-refractivity contribution in [3.8, 4) is 6.07 Å². The molecule has 0 aromatic carbocycles. The number of nitrogens with zero attached hydrogens (tertiary/aromatic N) is 1. The minimum atomic E-state index is 0.601. The molecule has 11 heavy (non-hydrogen) atoms. The van der Waals surface area contributed by atoms with Gasteiger partial charge in [0.15, 0.2) is 0 Å². The second kappa shape index (κ2) is 6.20. The van der Waals surface area contributed by atoms with Gasteiger partial charge in [-0.1, -0.05) is 0 Å². The van der Waals surface area contributed by atoms with Crippen molar-refractivity contribution >= 4 is 23.5 Å². The molecule has 0 aliphatic heterocycles. The molecule has 0 saturated carbocycles. The van der Waals surface area contributed by atoms with Crippen LogP contribution in [0.15, 0.2) is 22.1 Å². The van der Waals surface area contributed by atoms with Crippen molar-refractivity contribution in [3.63, 3.8) is 0 Å². The zero-order valence-corrected chi connectivity index (χ0v) is 8.13. The Bertz CT molecular complexity index is 213. The average molecular weight is 186 g/mol. The molecule has 2 N–H and O–H groups in total. The standard InChI is InChI=1S/C7H10N2S2/c1-10-5-6(4-8)3-7(9)11-2/h3,5H,9H2,1-2H3/b6-5-,7-3?. The van der Waals surface area contributed by atoms with Gasteiger partial charge < -0.3 is 5.73 Å². The van der Waals surface area contributed by atoms with E-state index >= 15 is 0 Å². The van der Waals surface area contributed by atoms with E-state index in [2.05, 4.69) is 0 Å². The third-order valence-electron chi connectivity index (χ3n) is 0.907. The Morgan fingerprint density at radius 3 is 2.55 bits per heavy atom. The lowest BCUT2D eigenvalue weighted by molar-refractivity contribution is 1.47. The molecule has 2 nitrogen and oxygen atoms in total. The summed E-state index contributed by atoms with van der Waals surface area (Å²) in [7, 11) is 0. The van der Waals surface area contributed by atoms with Crippen molar-refractivity contribution in [3.05, 3.63) is 22.1 Å². The second-order valence-corrected chi connectivity index (χ2v) is 3.26. The minimum Gasteiger partial charge on any atom is -0.394 e. The Kier molecular flexibility index (Phi) is 5.90. The van der Waals surface area contributed by atoms with E-state index in [0.29, 0.717) is 10.6 Å². The Balaban J connectivity index is 4.33. The molecule has 0 unspecified atom stereocenters. The third-order valence-corrected chi connectivity index (χ3v) is 1.99. The van der Waals surface area contributed by atoms with Crippen LogP contribution >= 0.6 is 23.5 Å². The van der Waals surface area contributed by atoms with Crippen molar-refractivity contribution in [2.45, 2.75) is 0 Å². The summed E-state index contributed by atoms with van der Waals surface area (Å²) in [6.45, 7) is 0. The largest absolute Gasteiger partial charge is 0.394 e. The molecule has 0 aliphatic carbocycles. The fourth-order valence-electron chi connectivity index (χ4n) is 0.432. The third kappa shape index (κ3) is 4.82. The van der Waals surface area contributed by atoms with Gasteiger partial charge in [-0.25, -0.2) is 0 Å². The number of nitriles is 1. The van der Waals surface area contributed by atoms with Crippen LogP contribution in [0.2, 0.25) is 0 Å². The van der Waals surface area contributed by atoms with Crippen LogP contribution in [-0.2, 0) is 0 Å². The van der Waals surface area contributed by atoms with Gasteiger partial charge in [-0.2, -0.15) is 5.26 Å². The molecule has 60 valence electrons. The van der Waals surface area contributed by atoms with Crippen LogP contribution in [0, 0.1) is 11.3 Å². The quantitative estimate of drug-likeness (QED) is 0.540. The predicted octanol–water partition coefficient (Wildman–Crippen LogP) is 1.92. The first kappa shape index (κ1) is 10.5. The van der Waals surface area contributed by atoms with Gasteiger partial charge in [0.2, 0.25) is 0 Å². The zero-order valence-electron chi connectivity index (χ0n) is 6.50. The maximum Gasteiger partial charge on any atom is 0.0998 e. The van der Waals surface area contributed by atoms with Crippen LogP contribution in [0.1, 0.15) is 0 Å². The number of hydrogen-bond acceptors (Lipinski definition) is 4. The lowest BCUT2D eigenvalue weighted by Crippen LogP contribution is -1.90. The van der Waals surface area contributed by atoms with E-state index < -0.39 is 0 Å². The summed E-state index contributed by atoms with van der Waals surface area (Å²) in [6, 6.07) is 2.04. The van der Waals surface area contributed by atoms with Crippen molar-refractivity contribution in [2.75, 3.05) is 12.5 Å². The van der Waals surface area contributed by atoms with Gasteiger partial charge in [-0.05, 0) is 24.0 Å². The Morgan fingerprint density at radius 2 is 2.18 bits per heavy atom. The topological polar surface area (TPSA) is 49.8 Å². The van der Waals surface area contributed by atoms with Gasteiger partial charge in [0, 0.05) is 0 Å². The summed E-state index contributed by atoms with van der Waals surface area (Å²) >= 11 is 2.92. The molecule has 0 atom stereocenters. The van der Waals surface area contributed by atoms with Crippen LogP contribution in [0.4, 0.5) is 0 Å². The fraction of sp³-hybridized carbons (Fsp3) is 0.286. The molecule has 0 heterocycles. The highest BCUT2D eigenvalue weighted by Crippen LogP contribution is 2.10. The first-order valence-corrected chi connectivity index (χ1v) is 5.40. The molecule has 0 bridgehead atoms. The van der Waals surface area contributed by atoms with Crippen LogP contribution in [-0.4, -0.2) is 12.5 Å². The number of hydrogen-bond donors (Lipinski definition) is 1. The zero-order chi connectivity index (χ0) is 8.69. The van der Waals surface area contributed by atoms with Gasteiger partial charge in [-0.15, -0.1) is 23.5 Å². The summed E-state index contributed by atoms with van der Waals surface area (Å²) < 4.78 is 0. The molecule has 0 aliphatic rings. The smallest absolute Gasteiger partial charge is 0.0998 e. The summed E-state index contributed by atoms with van der Waals surface area (Å²) in [5, 5.41) is 11.0. The first-order chi connectivity index (χ1) is 5.24. The second-order valence-electron chi connectivity index (χ2n) is 1.67. The lowest BCUT2D eigenvalue weighted by Gasteiger charge is -1.92. The normalized spacial score (nSPS) is 12.8. The van der Waals surface area contributed by atoms with Gasteiger partial charge >= 0.3 is 0 Å². The van der Waals surface area contributed by atoms with E-state index in [1.807, 2.05) is 18.6 Å². The SMILES string of the molecule is CS/C=C(\C#N)C=C(N)SC. The van der Waals surface area contributed by atoms with Crippen molar-refractivity contribution in [2.24, 2.45) is 5.73 Å². The maximum atomic E-state index is 8.56. The van der Waals surface area contributed by atoms with E-state index in [4.69, 9.17) is 11.0 Å². The van der Waals surface area contributed by atoms with E-state index in [9.17, 15) is 0 Å². The molecular formula is C7H10N2S2. The van der Waals surface area contributed by atoms with Crippen LogP contribution < -0.4 is 5.73 Å². The first-order valence-electron chi connectivity index (χ1n) is 2.88. The van der Waals surface area contributed by atoms with Crippen LogP contribution in [0.3, 0.4) is 0 Å². The molecule has 0 fully saturated rings. The minimum absolute atomic E-state index is 0.601. The van der Waals surface area contributed by atoms with Crippen LogP contribution in [0.25, 0.3) is 0 Å². The molecule has 0 aromatic rings. The van der Waals surface area contributed by atoms with E-state index in [1.54, 1.807) is 11.5 Å². The summed E-state index contributed by atoms with van der Waals surface area (Å²) in [5.41, 5.74) is 6.10. The van der Waals surface area contributed by atoms with Crippen molar-refractivity contribution in [1.29, 1.82) is 5.26 Å². The highest BCUT2D eigenvalue weighted by Gasteiger charge is 1.90. The molecule has 0 amide bonds. The van der Waals surface area contributed by atoms with Gasteiger partial charge in [-0.3, -0.25) is 0 Å². The summed E-state index contributed by atoms with van der Waals surface area (Å²) in [6.07, 6.45) is 5.45. The summed E-state index contributed by atoms with van der Waals surface area (Å²) in [4.78, 5) is 0. The molecule has 4 heteroatoms. The Labute approximate surface area is 75.5 Å². The highest BCUT2D eigenvalue weighted by molar-refractivity contribution is 8.02. The monoisotopic (exact) mass is 186 g/mol. The average Bonchev–Trinajstić information content (AvgIpc) is 2.03. The number of thioether (sulfide) groups is 2. The maximum absolute atomic E-state index is 8.56. The van der Waals surface area contributed by atoms with Gasteiger partial charge in [0.25, 0.3) is 0 Å². The van der Waals surface area contributed by atoms with Gasteiger partial charge in [0.05, 0.1) is 16.7 Å². The molecule has 0 spiro atoms. The van der Waals surface area contributed by atoms with E-state index in [-0.39, 0.29) is 0 Å². The lowest BCUT2D eigenvalue weighted by atomic mass is 10.3. The molecule has 0 saturated heterocycles. The Morgan fingerprint density at radius 1 is 1.55 bits per heavy atom. The molecular weight excluding hydrogens is 176 g/mol. The predicted molar refractivity (Wildman–Crippen MR) is 53.0 cm³/mol. The van der Waals surface area contributed by atoms with E-state index in [1.165, 1.54) is 23.5 Å². The van der Waals surface area contributed by atoms with Crippen molar-refractivity contribution in [1.82, 2.24) is 0 Å². The molecule has 0 rings (SSSR count). The fourth-order valence-corrected chi connectivity index (χ4v) is 1.05. The summed E-state index contributed by atoms with van der Waals surface area (Å²) in [5.74, 6) is 0. The number of allylic oxidation sites excluding steroid dienone is 2. The van der Waals surface area contributed by atoms with Crippen LogP contribution in [0.5, 0.6) is 0 Å². The number of nitrogens with two attached hydrogens (primary N) is 1. The van der Waals surface area contributed by atoms with E-state index in [0.717, 1.165) is 0 Å². The molecule has 0 radical (unpaired) electrons. The number of rotatable bonds is 3. The van der Waals surface area contributed by atoms with Crippen molar-refractivity contribution < 1.29 is 0 Å². The van der Waals surface area contributed by atoms with Gasteiger partial charge in [0.1, 0.15) is 0 Å².